The van der Waals surface area contributed by atoms with E-state index in [4.69, 9.17) is 5.26 Å². The number of hydrogen-bond acceptors (Lipinski definition) is 4. The molecule has 0 unspecified atom stereocenters. The van der Waals surface area contributed by atoms with Crippen LogP contribution in [0.25, 0.3) is 0 Å². The van der Waals surface area contributed by atoms with Gasteiger partial charge in [-0.2, -0.15) is 31.6 Å². The number of anilines is 1. The Hall–Kier alpha value is -3.46. The molecule has 0 aliphatic carbocycles. The quantitative estimate of drug-likeness (QED) is 0.103. The summed E-state index contributed by atoms with van der Waals surface area (Å²) in [4.78, 5) is 0. The SMILES string of the molecule is CC[N+](CC)(CC)CC.N#CC(N=Nc1ccc(C(F)(F)F)cc1)=NNc1ccc(C(F)(F)F)cc1. The van der Waals surface area contributed by atoms with Crippen LogP contribution < -0.4 is 5.43 Å². The van der Waals surface area contributed by atoms with Gasteiger partial charge in [0.2, 0.25) is 0 Å². The average molecular weight is 516 g/mol. The summed E-state index contributed by atoms with van der Waals surface area (Å²) in [6.07, 6.45) is -8.96. The summed E-state index contributed by atoms with van der Waals surface area (Å²) < 4.78 is 76.0. The second-order valence-electron chi connectivity index (χ2n) is 7.59. The van der Waals surface area contributed by atoms with E-state index in [0.29, 0.717) is 0 Å². The number of rotatable bonds is 7. The van der Waals surface area contributed by atoms with Gasteiger partial charge in [0.05, 0.1) is 48.7 Å². The second-order valence-corrected chi connectivity index (χ2v) is 7.59. The van der Waals surface area contributed by atoms with Crippen LogP contribution in [0.15, 0.2) is 63.9 Å². The minimum absolute atomic E-state index is 0.0560. The van der Waals surface area contributed by atoms with Crippen LogP contribution in [0.3, 0.4) is 0 Å². The lowest BCUT2D eigenvalue weighted by molar-refractivity contribution is -0.921. The molecule has 0 heterocycles. The fourth-order valence-electron chi connectivity index (χ4n) is 3.08. The lowest BCUT2D eigenvalue weighted by Gasteiger charge is -2.34. The Balaban J connectivity index is 0.000000613. The topological polar surface area (TPSA) is 72.9 Å². The van der Waals surface area contributed by atoms with Gasteiger partial charge in [-0.25, -0.2) is 0 Å². The first kappa shape index (κ1) is 30.6. The first-order valence-corrected chi connectivity index (χ1v) is 11.2. The van der Waals surface area contributed by atoms with Crippen LogP contribution in [0, 0.1) is 11.3 Å². The standard InChI is InChI=1S/C16H9F6N5.C8H20N/c17-15(18,19)10-1-5-12(6-2-10)24-26-14(9-23)27-25-13-7-3-11(4-8-13)16(20,21)22;1-5-9(6-2,7-3)8-4/h1-8,24H;5-8H2,1-4H3/q;+1. The lowest BCUT2D eigenvalue weighted by Crippen LogP contribution is -2.47. The molecule has 0 radical (unpaired) electrons. The maximum absolute atomic E-state index is 12.5. The Kier molecular flexibility index (Phi) is 11.5. The smallest absolute Gasteiger partial charge is 0.325 e. The number of quaternary nitrogens is 1. The predicted molar refractivity (Wildman–Crippen MR) is 126 cm³/mol. The van der Waals surface area contributed by atoms with Crippen molar-refractivity contribution >= 4 is 17.2 Å². The number of nitriles is 1. The molecular formula is C24H29F6N6+. The molecule has 12 heteroatoms. The molecule has 0 saturated carbocycles. The van der Waals surface area contributed by atoms with E-state index in [1.807, 2.05) is 0 Å². The number of nitrogens with zero attached hydrogens (tertiary/aromatic N) is 5. The van der Waals surface area contributed by atoms with E-state index in [2.05, 4.69) is 48.5 Å². The third-order valence-corrected chi connectivity index (χ3v) is 5.74. The first-order chi connectivity index (χ1) is 16.8. The van der Waals surface area contributed by atoms with Crippen LogP contribution in [0.5, 0.6) is 0 Å². The zero-order valence-electron chi connectivity index (χ0n) is 20.5. The molecule has 0 spiro atoms. The van der Waals surface area contributed by atoms with Gasteiger partial charge in [-0.3, -0.25) is 5.43 Å². The fourth-order valence-corrected chi connectivity index (χ4v) is 3.08. The van der Waals surface area contributed by atoms with Gasteiger partial charge in [-0.1, -0.05) is 0 Å². The van der Waals surface area contributed by atoms with E-state index < -0.39 is 29.3 Å². The van der Waals surface area contributed by atoms with Crippen molar-refractivity contribution in [3.8, 4) is 6.07 Å². The van der Waals surface area contributed by atoms with Crippen molar-refractivity contribution in [1.29, 1.82) is 5.26 Å². The highest BCUT2D eigenvalue weighted by atomic mass is 19.4. The number of nitrogens with one attached hydrogen (secondary N) is 1. The van der Waals surface area contributed by atoms with Crippen LogP contribution in [-0.2, 0) is 12.4 Å². The molecule has 0 bridgehead atoms. The Morgan fingerprint density at radius 2 is 1.19 bits per heavy atom. The third-order valence-electron chi connectivity index (χ3n) is 5.74. The number of hydrazone groups is 1. The van der Waals surface area contributed by atoms with E-state index in [1.54, 1.807) is 6.07 Å². The van der Waals surface area contributed by atoms with Crippen molar-refractivity contribution in [3.63, 3.8) is 0 Å². The van der Waals surface area contributed by atoms with Gasteiger partial charge >= 0.3 is 12.4 Å². The molecule has 0 aliphatic rings. The van der Waals surface area contributed by atoms with Crippen LogP contribution in [0.1, 0.15) is 38.8 Å². The van der Waals surface area contributed by atoms with Crippen molar-refractivity contribution < 1.29 is 30.8 Å². The first-order valence-electron chi connectivity index (χ1n) is 11.2. The maximum Gasteiger partial charge on any atom is 0.416 e. The molecular weight excluding hydrogens is 486 g/mol. The van der Waals surface area contributed by atoms with E-state index in [1.165, 1.54) is 30.7 Å². The zero-order chi connectivity index (χ0) is 27.4. The van der Waals surface area contributed by atoms with Crippen molar-refractivity contribution in [2.75, 3.05) is 31.6 Å². The second kappa shape index (κ2) is 13.6. The molecule has 2 rings (SSSR count). The zero-order valence-corrected chi connectivity index (χ0v) is 20.5. The Morgan fingerprint density at radius 3 is 1.53 bits per heavy atom. The number of hydrogen-bond donors (Lipinski definition) is 1. The highest BCUT2D eigenvalue weighted by molar-refractivity contribution is 5.97. The van der Waals surface area contributed by atoms with Gasteiger partial charge in [0.15, 0.2) is 0 Å². The van der Waals surface area contributed by atoms with Gasteiger partial charge in [0, 0.05) is 0 Å². The fraction of sp³-hybridized carbons (Fsp3) is 0.417. The molecule has 2 aromatic carbocycles. The highest BCUT2D eigenvalue weighted by Gasteiger charge is 2.30. The monoisotopic (exact) mass is 515 g/mol. The van der Waals surface area contributed by atoms with Crippen LogP contribution in [0.4, 0.5) is 37.7 Å². The molecule has 0 amide bonds. The normalized spacial score (nSPS) is 12.6. The van der Waals surface area contributed by atoms with E-state index in [9.17, 15) is 26.3 Å². The van der Waals surface area contributed by atoms with Crippen molar-refractivity contribution in [2.24, 2.45) is 15.3 Å². The van der Waals surface area contributed by atoms with E-state index in [0.717, 1.165) is 48.5 Å². The molecule has 36 heavy (non-hydrogen) atoms. The molecule has 2 aromatic rings. The summed E-state index contributed by atoms with van der Waals surface area (Å²) in [5.41, 5.74) is 0.849. The van der Waals surface area contributed by atoms with Gasteiger partial charge in [0.1, 0.15) is 6.07 Å². The molecule has 0 aliphatic heterocycles. The van der Waals surface area contributed by atoms with Gasteiger partial charge in [-0.15, -0.1) is 15.3 Å². The number of alkyl halides is 6. The van der Waals surface area contributed by atoms with Crippen LogP contribution in [-0.4, -0.2) is 36.5 Å². The summed E-state index contributed by atoms with van der Waals surface area (Å²) in [6.45, 7) is 14.2. The summed E-state index contributed by atoms with van der Waals surface area (Å²) in [5.74, 6) is -0.477. The van der Waals surface area contributed by atoms with Crippen LogP contribution in [0.2, 0.25) is 0 Å². The number of amidine groups is 1. The summed E-state index contributed by atoms with van der Waals surface area (Å²) >= 11 is 0. The lowest BCUT2D eigenvalue weighted by atomic mass is 10.2. The summed E-state index contributed by atoms with van der Waals surface area (Å²) in [6, 6.07) is 9.17. The minimum Gasteiger partial charge on any atom is -0.325 e. The Bertz CT molecular complexity index is 1010. The van der Waals surface area contributed by atoms with Crippen molar-refractivity contribution in [1.82, 2.24) is 0 Å². The third kappa shape index (κ3) is 9.65. The van der Waals surface area contributed by atoms with Gasteiger partial charge in [-0.05, 0) is 76.2 Å². The number of azo groups is 1. The van der Waals surface area contributed by atoms with Crippen LogP contribution >= 0.6 is 0 Å². The minimum atomic E-state index is -4.49. The van der Waals surface area contributed by atoms with E-state index in [-0.39, 0.29) is 11.4 Å². The van der Waals surface area contributed by atoms with Crippen molar-refractivity contribution in [3.05, 3.63) is 59.7 Å². The summed E-state index contributed by atoms with van der Waals surface area (Å²) in [5, 5.41) is 19.5. The number of halogens is 6. The highest BCUT2D eigenvalue weighted by Crippen LogP contribution is 2.31. The Morgan fingerprint density at radius 1 is 0.778 bits per heavy atom. The molecule has 196 valence electrons. The largest absolute Gasteiger partial charge is 0.416 e. The number of benzene rings is 2. The summed E-state index contributed by atoms with van der Waals surface area (Å²) in [7, 11) is 0. The molecule has 0 fully saturated rings. The molecule has 0 saturated heterocycles. The maximum atomic E-state index is 12.5. The molecule has 6 nitrogen and oxygen atoms in total. The predicted octanol–water partition coefficient (Wildman–Crippen LogP) is 7.64. The molecule has 1 N–H and O–H groups in total. The molecule has 0 atom stereocenters. The molecule has 0 aromatic heterocycles. The van der Waals surface area contributed by atoms with Gasteiger partial charge in [0.25, 0.3) is 5.84 Å². The Labute approximate surface area is 206 Å². The van der Waals surface area contributed by atoms with Gasteiger partial charge < -0.3 is 4.48 Å². The van der Waals surface area contributed by atoms with E-state index >= 15 is 0 Å². The average Bonchev–Trinajstić information content (AvgIpc) is 2.86. The van der Waals surface area contributed by atoms with Crippen molar-refractivity contribution in [2.45, 2.75) is 40.0 Å².